The summed E-state index contributed by atoms with van der Waals surface area (Å²) in [6, 6.07) is 32.6. The molecule has 1 aliphatic carbocycles. The summed E-state index contributed by atoms with van der Waals surface area (Å²) in [5, 5.41) is 2.17. The first-order valence-corrected chi connectivity index (χ1v) is 15.5. The number of hydrogen-bond donors (Lipinski definition) is 0. The normalized spacial score (nSPS) is 16.3. The monoisotopic (exact) mass is 598 g/mol. The van der Waals surface area contributed by atoms with Crippen LogP contribution in [0, 0.1) is 0 Å². The minimum atomic E-state index is -0.273. The Balaban J connectivity index is 1.28. The summed E-state index contributed by atoms with van der Waals surface area (Å²) in [5.74, 6) is 2.17. The molecule has 4 aromatic carbocycles. The number of nitrogens with zero attached hydrogens (tertiary/aromatic N) is 4. The van der Waals surface area contributed by atoms with Crippen molar-refractivity contribution in [1.29, 1.82) is 0 Å². The van der Waals surface area contributed by atoms with Gasteiger partial charge in [0.15, 0.2) is 11.6 Å². The van der Waals surface area contributed by atoms with E-state index in [2.05, 4.69) is 47.0 Å². The van der Waals surface area contributed by atoms with E-state index in [1.54, 1.807) is 0 Å². The highest BCUT2D eigenvalue weighted by Crippen LogP contribution is 2.44. The van der Waals surface area contributed by atoms with Crippen molar-refractivity contribution in [2.24, 2.45) is 0 Å². The molecule has 0 amide bonds. The molecule has 8 rings (SSSR count). The summed E-state index contributed by atoms with van der Waals surface area (Å²) in [5.41, 5.74) is 7.65. The van der Waals surface area contributed by atoms with Gasteiger partial charge < -0.3 is 4.74 Å². The van der Waals surface area contributed by atoms with Crippen LogP contribution in [0.4, 0.5) is 0 Å². The van der Waals surface area contributed by atoms with Crippen molar-refractivity contribution in [3.63, 3.8) is 0 Å². The SMILES string of the molecule is C/C=C\C(=C/C)c1nc(-c2ccccc2)nc(-n2c3ccccc3c3cc(C4=CCC5C(=C4)C(=O)Oc4ccccc45)ccc32)n1. The summed E-state index contributed by atoms with van der Waals surface area (Å²) in [4.78, 5) is 28.0. The van der Waals surface area contributed by atoms with Crippen LogP contribution < -0.4 is 4.74 Å². The van der Waals surface area contributed by atoms with E-state index in [9.17, 15) is 4.79 Å². The van der Waals surface area contributed by atoms with Crippen molar-refractivity contribution in [1.82, 2.24) is 19.5 Å². The highest BCUT2D eigenvalue weighted by atomic mass is 16.5. The quantitative estimate of drug-likeness (QED) is 0.113. The standard InChI is InChI=1S/C40H30N4O2/c1-3-12-25(4-2)37-41-38(26-13-6-5-7-14-26)43-40(42-37)44-34-17-10-8-15-30(34)32-23-28(20-22-35(32)44)27-19-21-29-31-16-9-11-18-36(31)46-39(45)33(29)24-27/h3-20,22-24,29H,21H2,1-2H3/b12-3-,25-4+. The topological polar surface area (TPSA) is 69.9 Å². The van der Waals surface area contributed by atoms with E-state index < -0.39 is 0 Å². The zero-order valence-electron chi connectivity index (χ0n) is 25.5. The number of aromatic nitrogens is 4. The van der Waals surface area contributed by atoms with Gasteiger partial charge >= 0.3 is 5.97 Å². The van der Waals surface area contributed by atoms with Gasteiger partial charge in [0, 0.05) is 39.0 Å². The number of allylic oxidation sites excluding steroid dienone is 7. The Kier molecular flexibility index (Phi) is 6.76. The molecule has 0 fully saturated rings. The number of esters is 1. The van der Waals surface area contributed by atoms with E-state index in [0.717, 1.165) is 56.1 Å². The number of rotatable bonds is 5. The summed E-state index contributed by atoms with van der Waals surface area (Å²) in [6.45, 7) is 3.98. The maximum Gasteiger partial charge on any atom is 0.340 e. The van der Waals surface area contributed by atoms with Crippen molar-refractivity contribution in [3.05, 3.63) is 150 Å². The van der Waals surface area contributed by atoms with Crippen LogP contribution in [0.15, 0.2) is 133 Å². The Labute approximate surface area is 266 Å². The second-order valence-electron chi connectivity index (χ2n) is 11.5. The molecule has 1 aliphatic heterocycles. The minimum absolute atomic E-state index is 0.00769. The van der Waals surface area contributed by atoms with Crippen molar-refractivity contribution in [3.8, 4) is 23.1 Å². The Morgan fingerprint density at radius 2 is 1.61 bits per heavy atom. The van der Waals surface area contributed by atoms with E-state index in [1.165, 1.54) is 0 Å². The highest BCUT2D eigenvalue weighted by molar-refractivity contribution is 6.10. The van der Waals surface area contributed by atoms with Gasteiger partial charge in [-0.2, -0.15) is 9.97 Å². The molecule has 222 valence electrons. The highest BCUT2D eigenvalue weighted by Gasteiger charge is 2.33. The third-order valence-corrected chi connectivity index (χ3v) is 8.77. The van der Waals surface area contributed by atoms with Crippen LogP contribution in [0.2, 0.25) is 0 Å². The van der Waals surface area contributed by atoms with Gasteiger partial charge in [0.2, 0.25) is 5.95 Å². The molecule has 0 radical (unpaired) electrons. The predicted octanol–water partition coefficient (Wildman–Crippen LogP) is 9.03. The third-order valence-electron chi connectivity index (χ3n) is 8.77. The van der Waals surface area contributed by atoms with E-state index in [-0.39, 0.29) is 11.9 Å². The van der Waals surface area contributed by atoms with E-state index in [0.29, 0.717) is 28.9 Å². The summed E-state index contributed by atoms with van der Waals surface area (Å²) >= 11 is 0. The van der Waals surface area contributed by atoms with Crippen LogP contribution in [0.1, 0.15) is 43.1 Å². The molecule has 2 aliphatic rings. The molecule has 3 heterocycles. The van der Waals surface area contributed by atoms with Gasteiger partial charge in [0.05, 0.1) is 11.0 Å². The molecule has 0 bridgehead atoms. The molecule has 0 spiro atoms. The Morgan fingerprint density at radius 1 is 0.826 bits per heavy atom. The zero-order chi connectivity index (χ0) is 31.2. The minimum Gasteiger partial charge on any atom is -0.423 e. The van der Waals surface area contributed by atoms with Crippen LogP contribution in [-0.4, -0.2) is 25.5 Å². The maximum atomic E-state index is 13.0. The molecule has 0 N–H and O–H groups in total. The van der Waals surface area contributed by atoms with Crippen LogP contribution in [0.25, 0.3) is 50.3 Å². The predicted molar refractivity (Wildman–Crippen MR) is 184 cm³/mol. The van der Waals surface area contributed by atoms with Crippen molar-refractivity contribution < 1.29 is 9.53 Å². The van der Waals surface area contributed by atoms with Crippen LogP contribution >= 0.6 is 0 Å². The lowest BCUT2D eigenvalue weighted by atomic mass is 9.80. The lowest BCUT2D eigenvalue weighted by Gasteiger charge is -2.29. The number of para-hydroxylation sites is 2. The molecule has 2 aromatic heterocycles. The number of fused-ring (bicyclic) bond motifs is 6. The number of carbonyl (C=O) groups is 1. The van der Waals surface area contributed by atoms with E-state index in [4.69, 9.17) is 19.7 Å². The largest absolute Gasteiger partial charge is 0.423 e. The summed E-state index contributed by atoms with van der Waals surface area (Å²) in [6.07, 6.45) is 11.0. The Hall–Kier alpha value is -5.88. The van der Waals surface area contributed by atoms with Crippen molar-refractivity contribution in [2.45, 2.75) is 26.2 Å². The van der Waals surface area contributed by atoms with Gasteiger partial charge in [0.25, 0.3) is 0 Å². The van der Waals surface area contributed by atoms with Gasteiger partial charge in [-0.1, -0.05) is 97.1 Å². The molecular formula is C40H30N4O2. The molecule has 46 heavy (non-hydrogen) atoms. The fourth-order valence-corrected chi connectivity index (χ4v) is 6.57. The van der Waals surface area contributed by atoms with E-state index in [1.807, 2.05) is 98.8 Å². The number of carbonyl (C=O) groups excluding carboxylic acids is 1. The van der Waals surface area contributed by atoms with Gasteiger partial charge in [-0.3, -0.25) is 4.57 Å². The van der Waals surface area contributed by atoms with Crippen LogP contribution in [0.3, 0.4) is 0 Å². The first kappa shape index (κ1) is 27.7. The second kappa shape index (κ2) is 11.2. The lowest BCUT2D eigenvalue weighted by molar-refractivity contribution is -0.131. The fourth-order valence-electron chi connectivity index (χ4n) is 6.57. The first-order valence-electron chi connectivity index (χ1n) is 15.5. The van der Waals surface area contributed by atoms with Gasteiger partial charge in [-0.15, -0.1) is 0 Å². The first-order chi connectivity index (χ1) is 22.6. The molecule has 6 heteroatoms. The van der Waals surface area contributed by atoms with Gasteiger partial charge in [-0.25, -0.2) is 9.78 Å². The molecular weight excluding hydrogens is 568 g/mol. The van der Waals surface area contributed by atoms with E-state index >= 15 is 0 Å². The van der Waals surface area contributed by atoms with Crippen molar-refractivity contribution >= 4 is 38.9 Å². The van der Waals surface area contributed by atoms with Crippen LogP contribution in [0.5, 0.6) is 5.75 Å². The molecule has 1 unspecified atom stereocenters. The van der Waals surface area contributed by atoms with Crippen molar-refractivity contribution in [2.75, 3.05) is 0 Å². The maximum absolute atomic E-state index is 13.0. The average Bonchev–Trinajstić information content (AvgIpc) is 3.44. The number of benzene rings is 4. The number of ether oxygens (including phenoxy) is 1. The second-order valence-corrected chi connectivity index (χ2v) is 11.5. The smallest absolute Gasteiger partial charge is 0.340 e. The summed E-state index contributed by atoms with van der Waals surface area (Å²) in [7, 11) is 0. The zero-order valence-corrected chi connectivity index (χ0v) is 25.5. The van der Waals surface area contributed by atoms with Gasteiger partial charge in [-0.05, 0) is 61.7 Å². The molecule has 0 saturated heterocycles. The van der Waals surface area contributed by atoms with Crippen LogP contribution in [-0.2, 0) is 4.79 Å². The molecule has 6 nitrogen and oxygen atoms in total. The summed E-state index contributed by atoms with van der Waals surface area (Å²) < 4.78 is 7.81. The number of hydrogen-bond acceptors (Lipinski definition) is 5. The fraction of sp³-hybridized carbons (Fsp3) is 0.100. The molecule has 0 saturated carbocycles. The lowest BCUT2D eigenvalue weighted by Crippen LogP contribution is -2.25. The molecule has 1 atom stereocenters. The third kappa shape index (κ3) is 4.58. The molecule has 6 aromatic rings. The Morgan fingerprint density at radius 3 is 2.46 bits per heavy atom. The average molecular weight is 599 g/mol. The van der Waals surface area contributed by atoms with Gasteiger partial charge in [0.1, 0.15) is 5.75 Å². The Bertz CT molecular complexity index is 2310.